The molecular weight excluding hydrogens is 384 g/mol. The van der Waals surface area contributed by atoms with Crippen LogP contribution in [0, 0.1) is 0 Å². The first-order valence-electron chi connectivity index (χ1n) is 10.7. The average Bonchev–Trinajstić information content (AvgIpc) is 2.57. The summed E-state index contributed by atoms with van der Waals surface area (Å²) in [5, 5.41) is 14.7. The van der Waals surface area contributed by atoms with Crippen LogP contribution in [0.5, 0.6) is 5.75 Å². The number of hydrogen-bond acceptors (Lipinski definition) is 4. The largest absolute Gasteiger partial charge is 0.507 e. The molecule has 0 heterocycles. The molecule has 1 rings (SSSR count). The Morgan fingerprint density at radius 1 is 0.931 bits per heavy atom. The molecule has 1 aromatic rings. The van der Waals surface area contributed by atoms with Gasteiger partial charge in [-0.05, 0) is 34.9 Å². The Balaban J connectivity index is 2.88. The molecule has 0 aliphatic carbocycles. The number of aromatic hydroxyl groups is 1. The predicted molar refractivity (Wildman–Crippen MR) is 123 cm³/mol. The van der Waals surface area contributed by atoms with E-state index in [1.807, 2.05) is 53.7 Å². The van der Waals surface area contributed by atoms with Gasteiger partial charge in [0.2, 0.25) is 10.0 Å². The highest BCUT2D eigenvalue weighted by Gasteiger charge is 2.26. The summed E-state index contributed by atoms with van der Waals surface area (Å²) in [6.45, 7) is 14.4. The summed E-state index contributed by atoms with van der Waals surface area (Å²) in [7, 11) is -3.43. The SMILES string of the molecule is CCCCCCCCS(=O)(=O)N/N=C/c1cc(C(C)(C)C)c(O)c(C(C)(C)C)c1. The third kappa shape index (κ3) is 8.77. The van der Waals surface area contributed by atoms with Crippen molar-refractivity contribution in [2.24, 2.45) is 5.10 Å². The van der Waals surface area contributed by atoms with Gasteiger partial charge in [0.1, 0.15) is 5.75 Å². The maximum Gasteiger partial charge on any atom is 0.247 e. The van der Waals surface area contributed by atoms with E-state index in [9.17, 15) is 13.5 Å². The fourth-order valence-electron chi connectivity index (χ4n) is 3.17. The first-order valence-corrected chi connectivity index (χ1v) is 12.3. The van der Waals surface area contributed by atoms with E-state index < -0.39 is 10.0 Å². The van der Waals surface area contributed by atoms with Crippen molar-refractivity contribution in [1.82, 2.24) is 4.83 Å². The molecule has 0 fully saturated rings. The molecule has 0 saturated heterocycles. The fourth-order valence-corrected chi connectivity index (χ4v) is 4.06. The molecule has 0 aliphatic heterocycles. The van der Waals surface area contributed by atoms with Gasteiger partial charge >= 0.3 is 0 Å². The summed E-state index contributed by atoms with van der Waals surface area (Å²) in [4.78, 5) is 2.32. The summed E-state index contributed by atoms with van der Waals surface area (Å²) in [5.41, 5.74) is 1.92. The number of benzene rings is 1. The van der Waals surface area contributed by atoms with Crippen molar-refractivity contribution in [3.8, 4) is 5.75 Å². The molecule has 1 aromatic carbocycles. The summed E-state index contributed by atoms with van der Waals surface area (Å²) >= 11 is 0. The lowest BCUT2D eigenvalue weighted by Crippen LogP contribution is -2.22. The Kier molecular flexibility index (Phi) is 9.19. The first-order chi connectivity index (χ1) is 13.3. The zero-order valence-corrected chi connectivity index (χ0v) is 20.1. The van der Waals surface area contributed by atoms with E-state index in [2.05, 4.69) is 16.9 Å². The van der Waals surface area contributed by atoms with Gasteiger partial charge in [-0.25, -0.2) is 13.2 Å². The fraction of sp³-hybridized carbons (Fsp3) is 0.696. The number of hydrogen-bond donors (Lipinski definition) is 2. The van der Waals surface area contributed by atoms with Crippen LogP contribution in [-0.4, -0.2) is 25.5 Å². The Hall–Kier alpha value is -1.56. The lowest BCUT2D eigenvalue weighted by Gasteiger charge is -2.27. The van der Waals surface area contributed by atoms with E-state index in [0.29, 0.717) is 12.2 Å². The minimum atomic E-state index is -3.43. The minimum absolute atomic E-state index is 0.0898. The average molecular weight is 425 g/mol. The zero-order valence-electron chi connectivity index (χ0n) is 19.3. The van der Waals surface area contributed by atoms with E-state index in [1.165, 1.54) is 19.1 Å². The van der Waals surface area contributed by atoms with Crippen LogP contribution in [0.25, 0.3) is 0 Å². The van der Waals surface area contributed by atoms with Gasteiger partial charge in [0.05, 0.1) is 12.0 Å². The third-order valence-electron chi connectivity index (χ3n) is 4.92. The van der Waals surface area contributed by atoms with E-state index in [4.69, 9.17) is 0 Å². The maximum absolute atomic E-state index is 12.2. The van der Waals surface area contributed by atoms with Gasteiger partial charge in [0.25, 0.3) is 0 Å². The molecule has 6 heteroatoms. The van der Waals surface area contributed by atoms with Gasteiger partial charge < -0.3 is 5.11 Å². The molecule has 0 spiro atoms. The van der Waals surface area contributed by atoms with Gasteiger partial charge in [-0.2, -0.15) is 5.10 Å². The highest BCUT2D eigenvalue weighted by atomic mass is 32.2. The summed E-state index contributed by atoms with van der Waals surface area (Å²) < 4.78 is 24.3. The van der Waals surface area contributed by atoms with Crippen LogP contribution in [0.3, 0.4) is 0 Å². The zero-order chi connectivity index (χ0) is 22.3. The summed E-state index contributed by atoms with van der Waals surface area (Å²) in [6, 6.07) is 3.74. The standard InChI is InChI=1S/C23H40N2O3S/c1-8-9-10-11-12-13-14-29(27,28)25-24-17-18-15-19(22(2,3)4)21(26)20(16-18)23(5,6)7/h15-17,25-26H,8-14H2,1-7H3/b24-17+. The number of sulfonamides is 1. The number of nitrogens with one attached hydrogen (secondary N) is 1. The smallest absolute Gasteiger partial charge is 0.247 e. The van der Waals surface area contributed by atoms with Crippen LogP contribution in [0.2, 0.25) is 0 Å². The number of phenolic OH excluding ortho intramolecular Hbond substituents is 1. The van der Waals surface area contributed by atoms with Gasteiger partial charge in [0, 0.05) is 11.1 Å². The lowest BCUT2D eigenvalue weighted by atomic mass is 9.78. The van der Waals surface area contributed by atoms with Crippen molar-refractivity contribution in [2.45, 2.75) is 97.8 Å². The molecule has 166 valence electrons. The van der Waals surface area contributed by atoms with E-state index in [0.717, 1.165) is 36.0 Å². The molecule has 5 nitrogen and oxygen atoms in total. The van der Waals surface area contributed by atoms with E-state index in [1.54, 1.807) is 0 Å². The monoisotopic (exact) mass is 424 g/mol. The van der Waals surface area contributed by atoms with Crippen LogP contribution in [0.4, 0.5) is 0 Å². The van der Waals surface area contributed by atoms with Gasteiger partial charge in [0.15, 0.2) is 0 Å². The van der Waals surface area contributed by atoms with Crippen LogP contribution < -0.4 is 4.83 Å². The van der Waals surface area contributed by atoms with Crippen LogP contribution in [0.1, 0.15) is 104 Å². The highest BCUT2D eigenvalue weighted by Crippen LogP contribution is 2.39. The molecule has 0 amide bonds. The van der Waals surface area contributed by atoms with Crippen molar-refractivity contribution in [3.63, 3.8) is 0 Å². The van der Waals surface area contributed by atoms with Crippen LogP contribution >= 0.6 is 0 Å². The highest BCUT2D eigenvalue weighted by molar-refractivity contribution is 7.89. The molecular formula is C23H40N2O3S. The van der Waals surface area contributed by atoms with Gasteiger partial charge in [-0.1, -0.05) is 80.6 Å². The molecule has 0 aliphatic rings. The van der Waals surface area contributed by atoms with Crippen molar-refractivity contribution in [3.05, 3.63) is 28.8 Å². The summed E-state index contributed by atoms with van der Waals surface area (Å²) in [6.07, 6.45) is 7.71. The molecule has 2 N–H and O–H groups in total. The van der Waals surface area contributed by atoms with Crippen molar-refractivity contribution >= 4 is 16.2 Å². The molecule has 0 atom stereocenters. The molecule has 29 heavy (non-hydrogen) atoms. The van der Waals surface area contributed by atoms with Crippen LogP contribution in [0.15, 0.2) is 17.2 Å². The van der Waals surface area contributed by atoms with E-state index in [-0.39, 0.29) is 16.6 Å². The second kappa shape index (κ2) is 10.5. The van der Waals surface area contributed by atoms with Crippen molar-refractivity contribution < 1.29 is 13.5 Å². The quantitative estimate of drug-likeness (QED) is 0.291. The number of unbranched alkanes of at least 4 members (excludes halogenated alkanes) is 5. The lowest BCUT2D eigenvalue weighted by molar-refractivity contribution is 0.423. The minimum Gasteiger partial charge on any atom is -0.507 e. The number of rotatable bonds is 10. The van der Waals surface area contributed by atoms with E-state index >= 15 is 0 Å². The second-order valence-corrected chi connectivity index (χ2v) is 11.7. The van der Waals surface area contributed by atoms with Crippen molar-refractivity contribution in [1.29, 1.82) is 0 Å². The topological polar surface area (TPSA) is 78.8 Å². The molecule has 0 bridgehead atoms. The maximum atomic E-state index is 12.2. The number of hydrazone groups is 1. The Labute approximate surface area is 178 Å². The summed E-state index contributed by atoms with van der Waals surface area (Å²) in [5.74, 6) is 0.387. The Morgan fingerprint density at radius 2 is 1.41 bits per heavy atom. The molecule has 0 aromatic heterocycles. The normalized spacial score (nSPS) is 13.2. The van der Waals surface area contributed by atoms with Gasteiger partial charge in [-0.15, -0.1) is 0 Å². The van der Waals surface area contributed by atoms with Crippen LogP contribution in [-0.2, 0) is 20.9 Å². The Bertz CT molecular complexity index is 750. The molecule has 0 radical (unpaired) electrons. The Morgan fingerprint density at radius 3 is 1.90 bits per heavy atom. The van der Waals surface area contributed by atoms with Gasteiger partial charge in [-0.3, -0.25) is 0 Å². The number of phenols is 1. The second-order valence-electron chi connectivity index (χ2n) is 9.90. The third-order valence-corrected chi connectivity index (χ3v) is 6.13. The van der Waals surface area contributed by atoms with Crippen molar-refractivity contribution in [2.75, 3.05) is 5.75 Å². The predicted octanol–water partition coefficient (Wildman–Crippen LogP) is 5.60. The molecule has 0 saturated carbocycles. The molecule has 0 unspecified atom stereocenters. The first kappa shape index (κ1) is 25.5. The number of nitrogens with zero attached hydrogens (tertiary/aromatic N) is 1.